The molecule has 182 valence electrons. The van der Waals surface area contributed by atoms with Crippen LogP contribution in [0.2, 0.25) is 0 Å². The Morgan fingerprint density at radius 1 is 0.844 bits per heavy atom. The lowest BCUT2D eigenvalue weighted by molar-refractivity contribution is -0.146. The van der Waals surface area contributed by atoms with E-state index in [1.807, 2.05) is 0 Å². The first-order valence-corrected chi connectivity index (χ1v) is 9.78. The van der Waals surface area contributed by atoms with Crippen LogP contribution in [0.15, 0.2) is 0 Å². The third-order valence-corrected chi connectivity index (χ3v) is 4.61. The molecule has 0 radical (unpaired) electrons. The van der Waals surface area contributed by atoms with E-state index in [1.165, 1.54) is 0 Å². The van der Waals surface area contributed by atoms with Crippen LogP contribution in [0.1, 0.15) is 40.0 Å². The first-order chi connectivity index (χ1) is 14.7. The Morgan fingerprint density at radius 2 is 1.38 bits per heavy atom. The van der Waals surface area contributed by atoms with Crippen molar-refractivity contribution >= 4 is 35.6 Å². The molecule has 0 fully saturated rings. The van der Waals surface area contributed by atoms with E-state index in [9.17, 15) is 33.9 Å². The van der Waals surface area contributed by atoms with Crippen LogP contribution in [0.4, 0.5) is 0 Å². The number of aliphatic hydroxyl groups is 1. The summed E-state index contributed by atoms with van der Waals surface area (Å²) in [6.45, 7) is 4.43. The number of carboxylic acids is 2. The number of aliphatic carboxylic acids is 2. The molecule has 0 rings (SSSR count). The number of hydrogen-bond donors (Lipinski definition) is 8. The normalized spacial score (nSPS) is 16.4. The molecule has 14 heteroatoms. The minimum Gasteiger partial charge on any atom is -0.481 e. The minimum absolute atomic E-state index is 0.365. The van der Waals surface area contributed by atoms with Gasteiger partial charge in [0, 0.05) is 0 Å². The highest BCUT2D eigenvalue weighted by Gasteiger charge is 2.34. The summed E-state index contributed by atoms with van der Waals surface area (Å²) < 4.78 is 0. The molecule has 0 aromatic heterocycles. The Kier molecular flexibility index (Phi) is 11.9. The zero-order valence-electron chi connectivity index (χ0n) is 18.0. The van der Waals surface area contributed by atoms with Crippen molar-refractivity contribution in [2.45, 2.75) is 70.3 Å². The number of carbonyl (C=O) groups is 6. The smallest absolute Gasteiger partial charge is 0.328 e. The van der Waals surface area contributed by atoms with Gasteiger partial charge in [-0.15, -0.1) is 0 Å². The molecule has 0 saturated carbocycles. The molecule has 0 aliphatic heterocycles. The van der Waals surface area contributed by atoms with Gasteiger partial charge in [-0.05, 0) is 12.8 Å². The van der Waals surface area contributed by atoms with Crippen molar-refractivity contribution in [3.8, 4) is 0 Å². The van der Waals surface area contributed by atoms with Crippen molar-refractivity contribution < 1.29 is 44.1 Å². The summed E-state index contributed by atoms with van der Waals surface area (Å²) in [6.07, 6.45) is -2.47. The molecule has 0 saturated heterocycles. The second kappa shape index (κ2) is 13.2. The lowest BCUT2D eigenvalue weighted by Crippen LogP contribution is -2.60. The van der Waals surface area contributed by atoms with Crippen LogP contribution >= 0.6 is 0 Å². The van der Waals surface area contributed by atoms with E-state index in [1.54, 1.807) is 13.8 Å². The molecule has 0 spiro atoms. The third-order valence-electron chi connectivity index (χ3n) is 4.61. The molecule has 14 nitrogen and oxygen atoms in total. The summed E-state index contributed by atoms with van der Waals surface area (Å²) in [5, 5.41) is 34.3. The van der Waals surface area contributed by atoms with Crippen LogP contribution in [0.5, 0.6) is 0 Å². The SMILES string of the molecule is CCC(C)C(NC(=O)C(CC(=O)O)NC(=O)C(N)CC(N)=O)C(=O)NC(C(=O)O)C(C)O. The first kappa shape index (κ1) is 28.7. The standard InChI is InChI=1S/C18H31N5O9/c1-4-7(2)13(17(30)23-14(8(3)24)18(31)32)22-16(29)10(6-12(26)27)21-15(28)9(19)5-11(20)25/h7-10,13-14,24H,4-6,19H2,1-3H3,(H2,20,25)(H,21,28)(H,22,29)(H,23,30)(H,26,27)(H,31,32). The van der Waals surface area contributed by atoms with Gasteiger partial charge in [0.05, 0.1) is 25.0 Å². The zero-order chi connectivity index (χ0) is 25.2. The molecule has 10 N–H and O–H groups in total. The molecule has 0 aliphatic carbocycles. The fourth-order valence-electron chi connectivity index (χ4n) is 2.56. The summed E-state index contributed by atoms with van der Waals surface area (Å²) in [6, 6.07) is -6.02. The molecule has 0 bridgehead atoms. The molecule has 0 heterocycles. The van der Waals surface area contributed by atoms with Crippen molar-refractivity contribution in [2.24, 2.45) is 17.4 Å². The largest absolute Gasteiger partial charge is 0.481 e. The maximum Gasteiger partial charge on any atom is 0.328 e. The van der Waals surface area contributed by atoms with Crippen molar-refractivity contribution in [3.63, 3.8) is 0 Å². The average molecular weight is 461 g/mol. The number of hydrogen-bond acceptors (Lipinski definition) is 8. The topological polar surface area (TPSA) is 251 Å². The Balaban J connectivity index is 5.59. The van der Waals surface area contributed by atoms with Crippen molar-refractivity contribution in [2.75, 3.05) is 0 Å². The maximum absolute atomic E-state index is 12.7. The molecule has 0 aliphatic rings. The minimum atomic E-state index is -1.65. The second-order valence-corrected chi connectivity index (χ2v) is 7.37. The maximum atomic E-state index is 12.7. The predicted molar refractivity (Wildman–Crippen MR) is 109 cm³/mol. The molecular formula is C18H31N5O9. The summed E-state index contributed by atoms with van der Waals surface area (Å²) >= 11 is 0. The molecule has 4 amide bonds. The van der Waals surface area contributed by atoms with E-state index in [4.69, 9.17) is 21.7 Å². The first-order valence-electron chi connectivity index (χ1n) is 9.78. The Morgan fingerprint density at radius 3 is 1.78 bits per heavy atom. The van der Waals surface area contributed by atoms with Gasteiger partial charge in [0.1, 0.15) is 12.1 Å². The zero-order valence-corrected chi connectivity index (χ0v) is 18.0. The number of carbonyl (C=O) groups excluding carboxylic acids is 4. The second-order valence-electron chi connectivity index (χ2n) is 7.37. The Hall–Kier alpha value is -3.26. The summed E-state index contributed by atoms with van der Waals surface area (Å²) in [4.78, 5) is 70.7. The van der Waals surface area contributed by atoms with Crippen LogP contribution in [0.25, 0.3) is 0 Å². The number of carboxylic acid groups (broad SMARTS) is 2. The monoisotopic (exact) mass is 461 g/mol. The lowest BCUT2D eigenvalue weighted by Gasteiger charge is -2.28. The summed E-state index contributed by atoms with van der Waals surface area (Å²) in [5.74, 6) is -7.33. The van der Waals surface area contributed by atoms with E-state index < -0.39 is 84.6 Å². The highest BCUT2D eigenvalue weighted by atomic mass is 16.4. The summed E-state index contributed by atoms with van der Waals surface area (Å²) in [5.41, 5.74) is 10.4. The molecule has 32 heavy (non-hydrogen) atoms. The number of nitrogens with two attached hydrogens (primary N) is 2. The van der Waals surface area contributed by atoms with E-state index in [0.29, 0.717) is 6.42 Å². The van der Waals surface area contributed by atoms with Crippen molar-refractivity contribution in [3.05, 3.63) is 0 Å². The van der Waals surface area contributed by atoms with Crippen LogP contribution in [-0.4, -0.2) is 81.2 Å². The number of aliphatic hydroxyl groups excluding tert-OH is 1. The van der Waals surface area contributed by atoms with Gasteiger partial charge in [0.25, 0.3) is 0 Å². The van der Waals surface area contributed by atoms with Crippen molar-refractivity contribution in [1.29, 1.82) is 0 Å². The van der Waals surface area contributed by atoms with Crippen LogP contribution < -0.4 is 27.4 Å². The Labute approximate surface area is 184 Å². The highest BCUT2D eigenvalue weighted by molar-refractivity contribution is 5.96. The van der Waals surface area contributed by atoms with Crippen LogP contribution in [0.3, 0.4) is 0 Å². The van der Waals surface area contributed by atoms with Crippen molar-refractivity contribution in [1.82, 2.24) is 16.0 Å². The lowest BCUT2D eigenvalue weighted by atomic mass is 9.97. The van der Waals surface area contributed by atoms with Crippen LogP contribution in [-0.2, 0) is 28.8 Å². The molecule has 0 aromatic rings. The van der Waals surface area contributed by atoms with E-state index >= 15 is 0 Å². The van der Waals surface area contributed by atoms with E-state index in [2.05, 4.69) is 16.0 Å². The highest BCUT2D eigenvalue weighted by Crippen LogP contribution is 2.10. The number of primary amides is 1. The van der Waals surface area contributed by atoms with E-state index in [0.717, 1.165) is 6.92 Å². The number of amides is 4. The Bertz CT molecular complexity index is 728. The predicted octanol–water partition coefficient (Wildman–Crippen LogP) is -3.37. The average Bonchev–Trinajstić information content (AvgIpc) is 2.67. The van der Waals surface area contributed by atoms with Gasteiger partial charge in [-0.1, -0.05) is 20.3 Å². The van der Waals surface area contributed by atoms with Gasteiger partial charge >= 0.3 is 11.9 Å². The fourth-order valence-corrected chi connectivity index (χ4v) is 2.56. The van der Waals surface area contributed by atoms with Gasteiger partial charge in [0.15, 0.2) is 6.04 Å². The third kappa shape index (κ3) is 9.70. The van der Waals surface area contributed by atoms with Gasteiger partial charge < -0.3 is 42.7 Å². The fraction of sp³-hybridized carbons (Fsp3) is 0.667. The van der Waals surface area contributed by atoms with Gasteiger partial charge in [-0.3, -0.25) is 24.0 Å². The van der Waals surface area contributed by atoms with E-state index in [-0.39, 0.29) is 0 Å². The number of rotatable bonds is 14. The van der Waals surface area contributed by atoms with Gasteiger partial charge in [0.2, 0.25) is 23.6 Å². The van der Waals surface area contributed by atoms with Gasteiger partial charge in [-0.25, -0.2) is 4.79 Å². The van der Waals surface area contributed by atoms with Crippen LogP contribution in [0, 0.1) is 5.92 Å². The number of nitrogens with one attached hydrogen (secondary N) is 3. The molecule has 6 atom stereocenters. The summed E-state index contributed by atoms with van der Waals surface area (Å²) in [7, 11) is 0. The molecular weight excluding hydrogens is 430 g/mol. The molecule has 0 aromatic carbocycles. The van der Waals surface area contributed by atoms with Gasteiger partial charge in [-0.2, -0.15) is 0 Å². The molecule has 6 unspecified atom stereocenters. The quantitative estimate of drug-likeness (QED) is 0.127.